The van der Waals surface area contributed by atoms with Crippen LogP contribution in [-0.4, -0.2) is 49.2 Å². The second-order valence-electron chi connectivity index (χ2n) is 8.54. The second kappa shape index (κ2) is 9.20. The van der Waals surface area contributed by atoms with Crippen LogP contribution in [0, 0.1) is 0 Å². The minimum absolute atomic E-state index is 0.0487. The molecule has 33 heavy (non-hydrogen) atoms. The van der Waals surface area contributed by atoms with Crippen LogP contribution in [0.1, 0.15) is 35.7 Å². The molecule has 1 aromatic heterocycles. The number of alkyl halides is 6. The third-order valence-corrected chi connectivity index (χ3v) is 5.85. The number of urea groups is 1. The number of pyridine rings is 1. The highest BCUT2D eigenvalue weighted by molar-refractivity contribution is 5.92. The Labute approximate surface area is 187 Å². The average molecular weight is 475 g/mol. The molecular weight excluding hydrogens is 450 g/mol. The molecule has 0 aliphatic carbocycles. The van der Waals surface area contributed by atoms with Gasteiger partial charge in [0.2, 0.25) is 0 Å². The van der Waals surface area contributed by atoms with Crippen LogP contribution in [0.3, 0.4) is 0 Å². The van der Waals surface area contributed by atoms with Gasteiger partial charge in [-0.2, -0.15) is 26.3 Å². The van der Waals surface area contributed by atoms with Gasteiger partial charge >= 0.3 is 18.4 Å². The number of hydrogen-bond donors (Lipinski definition) is 1. The summed E-state index contributed by atoms with van der Waals surface area (Å²) in [6, 6.07) is 8.93. The molecule has 1 atom stereocenters. The summed E-state index contributed by atoms with van der Waals surface area (Å²) in [5.41, 5.74) is -2.82. The fourth-order valence-electron chi connectivity index (χ4n) is 4.18. The SMILES string of the molecule is C[N+]1(C)CCCN(c2cnc(C(F)(F)F)cc2C(F)(F)F)C(=O)NCC[C@@H]1c1ccccc1. The van der Waals surface area contributed by atoms with Crippen molar-refractivity contribution in [1.29, 1.82) is 0 Å². The van der Waals surface area contributed by atoms with Gasteiger partial charge in [0.05, 0.1) is 38.1 Å². The Balaban J connectivity index is 1.92. The Morgan fingerprint density at radius 3 is 2.33 bits per heavy atom. The van der Waals surface area contributed by atoms with Gasteiger partial charge in [0.15, 0.2) is 0 Å². The first-order valence-corrected chi connectivity index (χ1v) is 10.4. The van der Waals surface area contributed by atoms with Crippen LogP contribution in [0.4, 0.5) is 36.8 Å². The minimum atomic E-state index is -5.10. The second-order valence-corrected chi connectivity index (χ2v) is 8.54. The lowest BCUT2D eigenvalue weighted by Gasteiger charge is -2.40. The number of carbonyl (C=O) groups excluding carboxylic acids is 1. The summed E-state index contributed by atoms with van der Waals surface area (Å²) in [5.74, 6) is 0. The highest BCUT2D eigenvalue weighted by Gasteiger charge is 2.41. The smallest absolute Gasteiger partial charge is 0.337 e. The van der Waals surface area contributed by atoms with Crippen molar-refractivity contribution in [2.24, 2.45) is 0 Å². The van der Waals surface area contributed by atoms with Crippen molar-refractivity contribution in [3.63, 3.8) is 0 Å². The van der Waals surface area contributed by atoms with E-state index in [0.717, 1.165) is 10.5 Å². The summed E-state index contributed by atoms with van der Waals surface area (Å²) in [6.07, 6.45) is -8.79. The van der Waals surface area contributed by atoms with Gasteiger partial charge in [-0.15, -0.1) is 0 Å². The molecule has 11 heteroatoms. The summed E-state index contributed by atoms with van der Waals surface area (Å²) in [7, 11) is 4.01. The normalized spacial score (nSPS) is 20.3. The highest BCUT2D eigenvalue weighted by atomic mass is 19.4. The predicted octanol–water partition coefficient (Wildman–Crippen LogP) is 5.25. The van der Waals surface area contributed by atoms with Crippen molar-refractivity contribution in [2.75, 3.05) is 38.6 Å². The Hall–Kier alpha value is -2.82. The van der Waals surface area contributed by atoms with E-state index in [0.29, 0.717) is 30.1 Å². The Morgan fingerprint density at radius 2 is 1.73 bits per heavy atom. The molecule has 180 valence electrons. The molecule has 0 spiro atoms. The van der Waals surface area contributed by atoms with Gasteiger partial charge in [0.1, 0.15) is 11.7 Å². The zero-order valence-electron chi connectivity index (χ0n) is 18.2. The first-order chi connectivity index (χ1) is 15.3. The first-order valence-electron chi connectivity index (χ1n) is 10.4. The average Bonchev–Trinajstić information content (AvgIpc) is 2.72. The summed E-state index contributed by atoms with van der Waals surface area (Å²) < 4.78 is 80.3. The maximum absolute atomic E-state index is 13.6. The molecule has 3 rings (SSSR count). The van der Waals surface area contributed by atoms with E-state index in [9.17, 15) is 31.1 Å². The molecule has 5 nitrogen and oxygen atoms in total. The van der Waals surface area contributed by atoms with E-state index in [1.54, 1.807) is 0 Å². The molecule has 0 unspecified atom stereocenters. The molecule has 2 amide bonds. The molecule has 1 aliphatic rings. The van der Waals surface area contributed by atoms with Crippen LogP contribution in [-0.2, 0) is 12.4 Å². The number of amides is 2. The van der Waals surface area contributed by atoms with Gasteiger partial charge in [-0.25, -0.2) is 9.78 Å². The molecule has 1 N–H and O–H groups in total. The maximum atomic E-state index is 13.6. The Morgan fingerprint density at radius 1 is 1.06 bits per heavy atom. The zero-order valence-corrected chi connectivity index (χ0v) is 18.2. The highest BCUT2D eigenvalue weighted by Crippen LogP contribution is 2.40. The number of carbonyl (C=O) groups is 1. The summed E-state index contributed by atoms with van der Waals surface area (Å²) in [5, 5.41) is 2.62. The summed E-state index contributed by atoms with van der Waals surface area (Å²) in [4.78, 5) is 16.8. The van der Waals surface area contributed by atoms with Crippen molar-refractivity contribution in [3.05, 3.63) is 59.4 Å². The number of anilines is 1. The molecule has 1 fully saturated rings. The number of halogens is 6. The first kappa shape index (κ1) is 24.8. The summed E-state index contributed by atoms with van der Waals surface area (Å²) in [6.45, 7) is 0.621. The van der Waals surface area contributed by atoms with E-state index in [-0.39, 0.29) is 25.2 Å². The number of hydrogen-bond acceptors (Lipinski definition) is 2. The number of benzene rings is 1. The Bertz CT molecular complexity index is 975. The zero-order chi connectivity index (χ0) is 24.4. The van der Waals surface area contributed by atoms with Crippen molar-refractivity contribution in [1.82, 2.24) is 10.3 Å². The van der Waals surface area contributed by atoms with E-state index in [1.165, 1.54) is 0 Å². The third kappa shape index (κ3) is 5.76. The fraction of sp³-hybridized carbons (Fsp3) is 0.455. The van der Waals surface area contributed by atoms with E-state index in [1.807, 2.05) is 44.4 Å². The quantitative estimate of drug-likeness (QED) is 0.477. The van der Waals surface area contributed by atoms with Crippen LogP contribution in [0.25, 0.3) is 0 Å². The van der Waals surface area contributed by atoms with Gasteiger partial charge < -0.3 is 9.80 Å². The predicted molar refractivity (Wildman–Crippen MR) is 110 cm³/mol. The third-order valence-electron chi connectivity index (χ3n) is 5.85. The summed E-state index contributed by atoms with van der Waals surface area (Å²) >= 11 is 0. The molecule has 0 radical (unpaired) electrons. The standard InChI is InChI=1S/C22H24F6N4O/c1-32(2)12-6-11-31(20(33)29-10-9-18(32)15-7-4-3-5-8-15)17-14-30-19(22(26,27)28)13-16(17)21(23,24)25/h3-5,7-8,13-14,18H,6,9-12H2,1-2H3/p+1/t18-/m1/s1. The van der Waals surface area contributed by atoms with E-state index < -0.39 is 35.3 Å². The van der Waals surface area contributed by atoms with Gasteiger partial charge in [0, 0.05) is 31.5 Å². The van der Waals surface area contributed by atoms with Gasteiger partial charge in [-0.3, -0.25) is 4.90 Å². The molecule has 2 heterocycles. The molecule has 1 aromatic carbocycles. The van der Waals surface area contributed by atoms with Crippen molar-refractivity contribution in [3.8, 4) is 0 Å². The van der Waals surface area contributed by atoms with Crippen LogP contribution in [0.15, 0.2) is 42.6 Å². The molecular formula is C22H25F6N4O+. The van der Waals surface area contributed by atoms with E-state index in [2.05, 4.69) is 10.3 Å². The lowest BCUT2D eigenvalue weighted by Crippen LogP contribution is -2.50. The number of nitrogens with one attached hydrogen (secondary N) is 1. The van der Waals surface area contributed by atoms with E-state index in [4.69, 9.17) is 0 Å². The molecule has 0 saturated carbocycles. The lowest BCUT2D eigenvalue weighted by molar-refractivity contribution is -0.921. The molecule has 1 aliphatic heterocycles. The topological polar surface area (TPSA) is 45.2 Å². The molecule has 0 bridgehead atoms. The van der Waals surface area contributed by atoms with Crippen LogP contribution >= 0.6 is 0 Å². The number of nitrogens with zero attached hydrogens (tertiary/aromatic N) is 3. The van der Waals surface area contributed by atoms with Gasteiger partial charge in [0.25, 0.3) is 0 Å². The minimum Gasteiger partial charge on any atom is -0.337 e. The number of aromatic nitrogens is 1. The van der Waals surface area contributed by atoms with Crippen LogP contribution < -0.4 is 10.2 Å². The van der Waals surface area contributed by atoms with Crippen molar-refractivity contribution in [2.45, 2.75) is 31.2 Å². The molecule has 1 saturated heterocycles. The number of rotatable bonds is 2. The number of quaternary nitrogens is 1. The van der Waals surface area contributed by atoms with Crippen molar-refractivity contribution < 1.29 is 35.6 Å². The van der Waals surface area contributed by atoms with Gasteiger partial charge in [-0.1, -0.05) is 30.3 Å². The van der Waals surface area contributed by atoms with E-state index >= 15 is 0 Å². The van der Waals surface area contributed by atoms with Gasteiger partial charge in [-0.05, 0) is 6.07 Å². The molecule has 2 aromatic rings. The Kier molecular flexibility index (Phi) is 6.92. The van der Waals surface area contributed by atoms with Crippen LogP contribution in [0.5, 0.6) is 0 Å². The van der Waals surface area contributed by atoms with Crippen LogP contribution in [0.2, 0.25) is 0 Å². The van der Waals surface area contributed by atoms with Crippen molar-refractivity contribution >= 4 is 11.7 Å². The largest absolute Gasteiger partial charge is 0.433 e. The maximum Gasteiger partial charge on any atom is 0.433 e. The monoisotopic (exact) mass is 475 g/mol. The lowest BCUT2D eigenvalue weighted by atomic mass is 9.99. The fourth-order valence-corrected chi connectivity index (χ4v) is 4.18.